The van der Waals surface area contributed by atoms with E-state index in [9.17, 15) is 0 Å². The first-order chi connectivity index (χ1) is 10.2. The van der Waals surface area contributed by atoms with Crippen LogP contribution >= 0.6 is 23.2 Å². The topological polar surface area (TPSA) is 40.8 Å². The summed E-state index contributed by atoms with van der Waals surface area (Å²) < 4.78 is 1.89. The predicted molar refractivity (Wildman–Crippen MR) is 85.0 cm³/mol. The van der Waals surface area contributed by atoms with Crippen LogP contribution < -0.4 is 0 Å². The van der Waals surface area contributed by atoms with Crippen LogP contribution in [-0.2, 0) is 6.54 Å². The van der Waals surface area contributed by atoms with Crippen LogP contribution in [0.3, 0.4) is 0 Å². The highest BCUT2D eigenvalue weighted by Crippen LogP contribution is 2.25. The number of likely N-dealkylation sites (tertiary alicyclic amines) is 1. The smallest absolute Gasteiger partial charge is 0.156 e. The molecule has 0 saturated carbocycles. The van der Waals surface area contributed by atoms with Crippen molar-refractivity contribution in [2.24, 2.45) is 0 Å². The van der Waals surface area contributed by atoms with E-state index in [0.717, 1.165) is 37.3 Å². The van der Waals surface area contributed by atoms with Crippen molar-refractivity contribution in [1.82, 2.24) is 14.3 Å². The molecule has 114 valence electrons. The number of imidazole rings is 1. The summed E-state index contributed by atoms with van der Waals surface area (Å²) in [5.41, 5.74) is 1.76. The molecule has 6 heteroatoms. The Hall–Kier alpha value is -0.810. The predicted octanol–water partition coefficient (Wildman–Crippen LogP) is 3.38. The van der Waals surface area contributed by atoms with Crippen LogP contribution in [0.2, 0.25) is 10.0 Å². The molecule has 21 heavy (non-hydrogen) atoms. The molecular weight excluding hydrogens is 309 g/mol. The molecule has 1 aliphatic heterocycles. The number of halogens is 2. The van der Waals surface area contributed by atoms with Crippen LogP contribution in [0.25, 0.3) is 5.65 Å². The van der Waals surface area contributed by atoms with Gasteiger partial charge in [0.1, 0.15) is 0 Å². The van der Waals surface area contributed by atoms with E-state index in [1.165, 1.54) is 12.8 Å². The molecule has 0 amide bonds. The number of aliphatic hydroxyl groups excluding tert-OH is 1. The van der Waals surface area contributed by atoms with Gasteiger partial charge in [-0.3, -0.25) is 4.90 Å². The van der Waals surface area contributed by atoms with Crippen LogP contribution in [0.4, 0.5) is 0 Å². The number of hydrogen-bond donors (Lipinski definition) is 1. The van der Waals surface area contributed by atoms with Gasteiger partial charge in [0.15, 0.2) is 5.65 Å². The zero-order valence-corrected chi connectivity index (χ0v) is 13.3. The summed E-state index contributed by atoms with van der Waals surface area (Å²) in [5, 5.41) is 10.2. The number of rotatable bonds is 5. The van der Waals surface area contributed by atoms with Gasteiger partial charge in [-0.05, 0) is 38.3 Å². The molecule has 4 nitrogen and oxygen atoms in total. The van der Waals surface area contributed by atoms with Crippen molar-refractivity contribution in [2.45, 2.75) is 38.3 Å². The Morgan fingerprint density at radius 3 is 3.00 bits per heavy atom. The summed E-state index contributed by atoms with van der Waals surface area (Å²) in [6.45, 7) is 2.19. The summed E-state index contributed by atoms with van der Waals surface area (Å²) in [6.07, 6.45) is 8.17. The second kappa shape index (κ2) is 6.53. The van der Waals surface area contributed by atoms with Crippen molar-refractivity contribution in [3.63, 3.8) is 0 Å². The minimum absolute atomic E-state index is 0.271. The Labute approximate surface area is 134 Å². The van der Waals surface area contributed by atoms with E-state index in [0.29, 0.717) is 16.1 Å². The van der Waals surface area contributed by atoms with E-state index >= 15 is 0 Å². The molecule has 3 rings (SSSR count). The Kier molecular flexibility index (Phi) is 4.69. The summed E-state index contributed by atoms with van der Waals surface area (Å²) in [5.74, 6) is 0. The molecule has 1 fully saturated rings. The SMILES string of the molecule is OCCCC1CCCN1Cc1cn2cc(Cl)cc(Cl)c2n1. The fourth-order valence-electron chi connectivity index (χ4n) is 3.12. The molecule has 1 atom stereocenters. The van der Waals surface area contributed by atoms with Crippen LogP contribution in [0.1, 0.15) is 31.4 Å². The highest BCUT2D eigenvalue weighted by atomic mass is 35.5. The van der Waals surface area contributed by atoms with Gasteiger partial charge in [-0.15, -0.1) is 0 Å². The summed E-state index contributed by atoms with van der Waals surface area (Å²) in [4.78, 5) is 7.06. The summed E-state index contributed by atoms with van der Waals surface area (Å²) in [7, 11) is 0. The third kappa shape index (κ3) is 3.34. The van der Waals surface area contributed by atoms with Crippen molar-refractivity contribution < 1.29 is 5.11 Å². The van der Waals surface area contributed by atoms with Gasteiger partial charge in [0, 0.05) is 31.6 Å². The maximum absolute atomic E-state index is 8.99. The molecule has 1 saturated heterocycles. The quantitative estimate of drug-likeness (QED) is 0.915. The number of hydrogen-bond acceptors (Lipinski definition) is 3. The number of aliphatic hydroxyl groups is 1. The van der Waals surface area contributed by atoms with Crippen molar-refractivity contribution >= 4 is 28.8 Å². The molecule has 1 N–H and O–H groups in total. The first-order valence-corrected chi connectivity index (χ1v) is 8.10. The number of aromatic nitrogens is 2. The van der Waals surface area contributed by atoms with E-state index in [-0.39, 0.29) is 6.61 Å². The highest BCUT2D eigenvalue weighted by molar-refractivity contribution is 6.36. The lowest BCUT2D eigenvalue weighted by Crippen LogP contribution is -2.29. The highest BCUT2D eigenvalue weighted by Gasteiger charge is 2.24. The molecule has 2 aromatic heterocycles. The Morgan fingerprint density at radius 2 is 2.19 bits per heavy atom. The van der Waals surface area contributed by atoms with Gasteiger partial charge in [0.2, 0.25) is 0 Å². The Bertz CT molecular complexity index is 629. The zero-order valence-electron chi connectivity index (χ0n) is 11.8. The lowest BCUT2D eigenvalue weighted by atomic mass is 10.1. The fraction of sp³-hybridized carbons (Fsp3) is 0.533. The minimum atomic E-state index is 0.271. The van der Waals surface area contributed by atoms with E-state index in [4.69, 9.17) is 28.3 Å². The van der Waals surface area contributed by atoms with E-state index in [2.05, 4.69) is 9.88 Å². The third-order valence-electron chi connectivity index (χ3n) is 4.08. The summed E-state index contributed by atoms with van der Waals surface area (Å²) >= 11 is 12.2. The molecule has 0 bridgehead atoms. The standard InChI is InChI=1S/C15H19Cl2N3O/c16-11-7-14(17)15-18-12(10-20(15)8-11)9-19-5-1-3-13(19)4-2-6-21/h7-8,10,13,21H,1-6,9H2. The second-order valence-corrected chi connectivity index (χ2v) is 6.45. The Morgan fingerprint density at radius 1 is 1.33 bits per heavy atom. The van der Waals surface area contributed by atoms with E-state index in [1.807, 2.05) is 16.8 Å². The van der Waals surface area contributed by atoms with Gasteiger partial charge in [-0.25, -0.2) is 4.98 Å². The lowest BCUT2D eigenvalue weighted by molar-refractivity contribution is 0.208. The molecule has 0 aliphatic carbocycles. The van der Waals surface area contributed by atoms with Gasteiger partial charge in [-0.1, -0.05) is 23.2 Å². The number of pyridine rings is 1. The van der Waals surface area contributed by atoms with Crippen molar-refractivity contribution in [1.29, 1.82) is 0 Å². The van der Waals surface area contributed by atoms with Crippen LogP contribution in [0.5, 0.6) is 0 Å². The average molecular weight is 328 g/mol. The largest absolute Gasteiger partial charge is 0.396 e. The van der Waals surface area contributed by atoms with E-state index < -0.39 is 0 Å². The zero-order chi connectivity index (χ0) is 14.8. The average Bonchev–Trinajstić information content (AvgIpc) is 3.03. The van der Waals surface area contributed by atoms with Crippen molar-refractivity contribution in [3.05, 3.63) is 34.2 Å². The van der Waals surface area contributed by atoms with Gasteiger partial charge in [-0.2, -0.15) is 0 Å². The van der Waals surface area contributed by atoms with Crippen LogP contribution in [0.15, 0.2) is 18.5 Å². The fourth-order valence-corrected chi connectivity index (χ4v) is 3.64. The third-order valence-corrected chi connectivity index (χ3v) is 4.57. The maximum atomic E-state index is 8.99. The molecule has 1 aliphatic rings. The molecule has 0 spiro atoms. The van der Waals surface area contributed by atoms with Crippen molar-refractivity contribution in [2.75, 3.05) is 13.2 Å². The Balaban J connectivity index is 1.76. The summed E-state index contributed by atoms with van der Waals surface area (Å²) in [6, 6.07) is 2.27. The van der Waals surface area contributed by atoms with Crippen molar-refractivity contribution in [3.8, 4) is 0 Å². The number of nitrogens with zero attached hydrogens (tertiary/aromatic N) is 3. The van der Waals surface area contributed by atoms with Gasteiger partial charge < -0.3 is 9.51 Å². The monoisotopic (exact) mass is 327 g/mol. The minimum Gasteiger partial charge on any atom is -0.396 e. The lowest BCUT2D eigenvalue weighted by Gasteiger charge is -2.23. The maximum Gasteiger partial charge on any atom is 0.156 e. The second-order valence-electron chi connectivity index (χ2n) is 5.60. The molecule has 0 radical (unpaired) electrons. The molecular formula is C15H19Cl2N3O. The first-order valence-electron chi connectivity index (χ1n) is 7.35. The molecule has 3 heterocycles. The first kappa shape index (κ1) is 15.1. The van der Waals surface area contributed by atoms with E-state index in [1.54, 1.807) is 6.07 Å². The molecule has 2 aromatic rings. The normalized spacial score (nSPS) is 19.7. The molecule has 0 aromatic carbocycles. The number of fused-ring (bicyclic) bond motifs is 1. The van der Waals surface area contributed by atoms with Gasteiger partial charge in [0.05, 0.1) is 15.7 Å². The molecule has 1 unspecified atom stereocenters. The van der Waals surface area contributed by atoms with Gasteiger partial charge in [0.25, 0.3) is 0 Å². The van der Waals surface area contributed by atoms with Gasteiger partial charge >= 0.3 is 0 Å². The van der Waals surface area contributed by atoms with Crippen LogP contribution in [0, 0.1) is 0 Å². The van der Waals surface area contributed by atoms with Crippen LogP contribution in [-0.4, -0.2) is 38.6 Å².